The van der Waals surface area contributed by atoms with Crippen molar-refractivity contribution in [2.75, 3.05) is 13.1 Å². The maximum atomic E-state index is 11.2. The molecule has 1 unspecified atom stereocenters. The van der Waals surface area contributed by atoms with Crippen LogP contribution in [0.15, 0.2) is 23.0 Å². The minimum Gasteiger partial charge on any atom is -0.316 e. The smallest absolute Gasteiger partial charge is 0.316 e. The van der Waals surface area contributed by atoms with Crippen molar-refractivity contribution in [3.63, 3.8) is 0 Å². The average Bonchev–Trinajstić information content (AvgIpc) is 2.70. The third-order valence-corrected chi connectivity index (χ3v) is 3.50. The average molecular weight is 231 g/mol. The first kappa shape index (κ1) is 10.6. The Morgan fingerprint density at radius 3 is 2.94 bits per heavy atom. The van der Waals surface area contributed by atoms with E-state index in [1.165, 1.54) is 18.4 Å². The lowest BCUT2D eigenvalue weighted by atomic mass is 9.92. The molecule has 0 amide bonds. The standard InChI is InChI=1S/C13H17N3O/c17-13-15-11-4-3-9(7-12(11)16-13)6-10-2-1-5-14-8-10/h3-4,7,10,14H,1-2,5-6,8H2,(H2,15,16,17). The van der Waals surface area contributed by atoms with E-state index in [0.717, 1.165) is 36.5 Å². The van der Waals surface area contributed by atoms with Gasteiger partial charge >= 0.3 is 5.69 Å². The molecule has 4 nitrogen and oxygen atoms in total. The quantitative estimate of drug-likeness (QED) is 0.731. The Morgan fingerprint density at radius 2 is 2.12 bits per heavy atom. The van der Waals surface area contributed by atoms with Crippen molar-refractivity contribution in [3.05, 3.63) is 34.2 Å². The summed E-state index contributed by atoms with van der Waals surface area (Å²) in [7, 11) is 0. The molecular formula is C13H17N3O. The Morgan fingerprint density at radius 1 is 1.24 bits per heavy atom. The SMILES string of the molecule is O=c1[nH]c2ccc(CC3CCCNC3)cc2[nH]1. The summed E-state index contributed by atoms with van der Waals surface area (Å²) in [5.41, 5.74) is 2.98. The van der Waals surface area contributed by atoms with Crippen molar-refractivity contribution in [2.24, 2.45) is 5.92 Å². The first-order chi connectivity index (χ1) is 8.31. The molecule has 0 spiro atoms. The van der Waals surface area contributed by atoms with Crippen LogP contribution in [0.25, 0.3) is 11.0 Å². The zero-order chi connectivity index (χ0) is 11.7. The molecule has 3 N–H and O–H groups in total. The number of aromatic amines is 2. The van der Waals surface area contributed by atoms with Gasteiger partial charge in [0.25, 0.3) is 0 Å². The second-order valence-corrected chi connectivity index (χ2v) is 4.88. The van der Waals surface area contributed by atoms with Gasteiger partial charge in [-0.3, -0.25) is 0 Å². The second kappa shape index (κ2) is 4.37. The van der Waals surface area contributed by atoms with Gasteiger partial charge in [0.2, 0.25) is 0 Å². The van der Waals surface area contributed by atoms with Crippen LogP contribution >= 0.6 is 0 Å². The third-order valence-electron chi connectivity index (χ3n) is 3.50. The highest BCUT2D eigenvalue weighted by Crippen LogP contribution is 2.18. The lowest BCUT2D eigenvalue weighted by molar-refractivity contribution is 0.376. The molecule has 1 aliphatic rings. The number of piperidine rings is 1. The summed E-state index contributed by atoms with van der Waals surface area (Å²) in [6.45, 7) is 2.27. The lowest BCUT2D eigenvalue weighted by Gasteiger charge is -2.22. The molecule has 1 aromatic carbocycles. The minimum atomic E-state index is -0.128. The highest BCUT2D eigenvalue weighted by atomic mass is 16.1. The fourth-order valence-corrected chi connectivity index (χ4v) is 2.64. The third kappa shape index (κ3) is 2.26. The Kier molecular flexibility index (Phi) is 2.73. The van der Waals surface area contributed by atoms with Crippen LogP contribution in [0.4, 0.5) is 0 Å². The van der Waals surface area contributed by atoms with Crippen molar-refractivity contribution in [2.45, 2.75) is 19.3 Å². The van der Waals surface area contributed by atoms with Gasteiger partial charge in [0, 0.05) is 0 Å². The maximum absolute atomic E-state index is 11.2. The van der Waals surface area contributed by atoms with Gasteiger partial charge in [-0.25, -0.2) is 4.79 Å². The van der Waals surface area contributed by atoms with Crippen molar-refractivity contribution >= 4 is 11.0 Å². The first-order valence-electron chi connectivity index (χ1n) is 6.23. The highest BCUT2D eigenvalue weighted by molar-refractivity contribution is 5.74. The number of benzene rings is 1. The summed E-state index contributed by atoms with van der Waals surface area (Å²) >= 11 is 0. The number of H-pyrrole nitrogens is 2. The van der Waals surface area contributed by atoms with Gasteiger partial charge in [-0.1, -0.05) is 6.07 Å². The van der Waals surface area contributed by atoms with E-state index in [4.69, 9.17) is 0 Å². The van der Waals surface area contributed by atoms with E-state index >= 15 is 0 Å². The van der Waals surface area contributed by atoms with Crippen LogP contribution in [-0.4, -0.2) is 23.1 Å². The molecule has 1 atom stereocenters. The molecule has 4 heteroatoms. The number of hydrogen-bond donors (Lipinski definition) is 3. The summed E-state index contributed by atoms with van der Waals surface area (Å²) in [6, 6.07) is 6.18. The molecule has 0 aliphatic carbocycles. The lowest BCUT2D eigenvalue weighted by Crippen LogP contribution is -2.30. The van der Waals surface area contributed by atoms with Gasteiger partial charge < -0.3 is 15.3 Å². The number of imidazole rings is 1. The number of aromatic nitrogens is 2. The van der Waals surface area contributed by atoms with E-state index < -0.39 is 0 Å². The fraction of sp³-hybridized carbons (Fsp3) is 0.462. The van der Waals surface area contributed by atoms with Crippen molar-refractivity contribution in [1.82, 2.24) is 15.3 Å². The number of nitrogens with one attached hydrogen (secondary N) is 3. The number of rotatable bonds is 2. The Hall–Kier alpha value is -1.55. The predicted octanol–water partition coefficient (Wildman–Crippen LogP) is 1.40. The molecule has 1 aromatic heterocycles. The summed E-state index contributed by atoms with van der Waals surface area (Å²) in [5.74, 6) is 0.729. The van der Waals surface area contributed by atoms with E-state index in [1.54, 1.807) is 0 Å². The van der Waals surface area contributed by atoms with Gasteiger partial charge in [-0.15, -0.1) is 0 Å². The van der Waals surface area contributed by atoms with E-state index in [9.17, 15) is 4.79 Å². The first-order valence-corrected chi connectivity index (χ1v) is 6.23. The highest BCUT2D eigenvalue weighted by Gasteiger charge is 2.13. The summed E-state index contributed by atoms with van der Waals surface area (Å²) in [4.78, 5) is 16.7. The van der Waals surface area contributed by atoms with E-state index in [-0.39, 0.29) is 5.69 Å². The van der Waals surface area contributed by atoms with Crippen molar-refractivity contribution in [1.29, 1.82) is 0 Å². The molecule has 2 aromatic rings. The summed E-state index contributed by atoms with van der Waals surface area (Å²) in [6.07, 6.45) is 3.67. The molecule has 0 saturated carbocycles. The van der Waals surface area contributed by atoms with Gasteiger partial charge in [0.05, 0.1) is 11.0 Å². The van der Waals surface area contributed by atoms with Gasteiger partial charge in [0.15, 0.2) is 0 Å². The largest absolute Gasteiger partial charge is 0.323 e. The molecule has 3 rings (SSSR count). The Balaban J connectivity index is 1.82. The van der Waals surface area contributed by atoms with Crippen LogP contribution in [0.2, 0.25) is 0 Å². The van der Waals surface area contributed by atoms with Gasteiger partial charge in [-0.2, -0.15) is 0 Å². The van der Waals surface area contributed by atoms with E-state index in [0.29, 0.717) is 0 Å². The topological polar surface area (TPSA) is 60.7 Å². The molecule has 0 bridgehead atoms. The molecule has 1 fully saturated rings. The van der Waals surface area contributed by atoms with E-state index in [1.807, 2.05) is 6.07 Å². The van der Waals surface area contributed by atoms with Gasteiger partial charge in [0.1, 0.15) is 0 Å². The zero-order valence-corrected chi connectivity index (χ0v) is 9.75. The molecule has 1 saturated heterocycles. The number of hydrogen-bond acceptors (Lipinski definition) is 2. The molecule has 0 radical (unpaired) electrons. The molecule has 90 valence electrons. The molecule has 17 heavy (non-hydrogen) atoms. The molecular weight excluding hydrogens is 214 g/mol. The second-order valence-electron chi connectivity index (χ2n) is 4.88. The Labute approximate surface area is 99.4 Å². The predicted molar refractivity (Wildman–Crippen MR) is 68.2 cm³/mol. The fourth-order valence-electron chi connectivity index (χ4n) is 2.64. The van der Waals surface area contributed by atoms with Crippen LogP contribution in [0, 0.1) is 5.92 Å². The number of fused-ring (bicyclic) bond motifs is 1. The summed E-state index contributed by atoms with van der Waals surface area (Å²) < 4.78 is 0. The van der Waals surface area contributed by atoms with Crippen molar-refractivity contribution < 1.29 is 0 Å². The summed E-state index contributed by atoms with van der Waals surface area (Å²) in [5, 5.41) is 3.43. The maximum Gasteiger partial charge on any atom is 0.323 e. The Bertz CT molecular complexity index is 563. The molecule has 1 aliphatic heterocycles. The van der Waals surface area contributed by atoms with Crippen LogP contribution in [-0.2, 0) is 6.42 Å². The van der Waals surface area contributed by atoms with Gasteiger partial charge in [-0.05, 0) is 56.0 Å². The van der Waals surface area contributed by atoms with Crippen LogP contribution in [0.1, 0.15) is 18.4 Å². The molecule has 2 heterocycles. The van der Waals surface area contributed by atoms with Crippen LogP contribution in [0.3, 0.4) is 0 Å². The van der Waals surface area contributed by atoms with Crippen LogP contribution < -0.4 is 11.0 Å². The van der Waals surface area contributed by atoms with E-state index in [2.05, 4.69) is 27.4 Å². The monoisotopic (exact) mass is 231 g/mol. The van der Waals surface area contributed by atoms with Crippen LogP contribution in [0.5, 0.6) is 0 Å². The minimum absolute atomic E-state index is 0.128. The van der Waals surface area contributed by atoms with Crippen molar-refractivity contribution in [3.8, 4) is 0 Å². The normalized spacial score (nSPS) is 20.8. The zero-order valence-electron chi connectivity index (χ0n) is 9.75.